The lowest BCUT2D eigenvalue weighted by molar-refractivity contribution is 0.101. The predicted octanol–water partition coefficient (Wildman–Crippen LogP) is 4.83. The molecular formula is C21H16FN3O2. The van der Waals surface area contributed by atoms with Gasteiger partial charge in [-0.05, 0) is 55.5 Å². The van der Waals surface area contributed by atoms with Gasteiger partial charge in [0.05, 0.1) is 12.0 Å². The highest BCUT2D eigenvalue weighted by atomic mass is 19.1. The van der Waals surface area contributed by atoms with Crippen molar-refractivity contribution >= 4 is 11.6 Å². The van der Waals surface area contributed by atoms with Gasteiger partial charge in [0.2, 0.25) is 0 Å². The van der Waals surface area contributed by atoms with Gasteiger partial charge in [-0.2, -0.15) is 5.10 Å². The van der Waals surface area contributed by atoms with Crippen LogP contribution in [0.15, 0.2) is 77.4 Å². The van der Waals surface area contributed by atoms with E-state index in [2.05, 4.69) is 10.4 Å². The summed E-state index contributed by atoms with van der Waals surface area (Å²) in [7, 11) is 0. The lowest BCUT2D eigenvalue weighted by atomic mass is 10.2. The summed E-state index contributed by atoms with van der Waals surface area (Å²) in [5.41, 5.74) is 3.18. The summed E-state index contributed by atoms with van der Waals surface area (Å²) in [4.78, 5) is 12.9. The molecule has 1 N–H and O–H groups in total. The number of anilines is 1. The number of furan rings is 1. The molecule has 0 aliphatic rings. The standard InChI is InChI=1S/C21H16FN3O2/c1-14-4-8-16(9-5-14)23-21(26)19-13-18(20-3-2-12-27-20)24-25(19)17-10-6-15(22)7-11-17/h2-13H,1H3,(H,23,26). The minimum atomic E-state index is -0.358. The molecule has 4 aromatic rings. The van der Waals surface area contributed by atoms with Gasteiger partial charge in [0.25, 0.3) is 5.91 Å². The monoisotopic (exact) mass is 361 g/mol. The van der Waals surface area contributed by atoms with Crippen molar-refractivity contribution in [1.82, 2.24) is 9.78 Å². The van der Waals surface area contributed by atoms with Crippen molar-refractivity contribution in [1.29, 1.82) is 0 Å². The van der Waals surface area contributed by atoms with E-state index in [4.69, 9.17) is 4.42 Å². The number of halogens is 1. The minimum Gasteiger partial charge on any atom is -0.463 e. The first-order chi connectivity index (χ1) is 13.1. The fourth-order valence-corrected chi connectivity index (χ4v) is 2.70. The van der Waals surface area contributed by atoms with Crippen LogP contribution in [0.5, 0.6) is 0 Å². The number of hydrogen-bond acceptors (Lipinski definition) is 3. The van der Waals surface area contributed by atoms with E-state index in [1.807, 2.05) is 31.2 Å². The summed E-state index contributed by atoms with van der Waals surface area (Å²) >= 11 is 0. The van der Waals surface area contributed by atoms with E-state index >= 15 is 0 Å². The van der Waals surface area contributed by atoms with Gasteiger partial charge in [-0.3, -0.25) is 4.79 Å². The third-order valence-corrected chi connectivity index (χ3v) is 4.10. The number of rotatable bonds is 4. The second-order valence-electron chi connectivity index (χ2n) is 6.10. The van der Waals surface area contributed by atoms with Gasteiger partial charge in [0, 0.05) is 11.8 Å². The Morgan fingerprint density at radius 1 is 1.07 bits per heavy atom. The second kappa shape index (κ2) is 6.92. The number of amides is 1. The third-order valence-electron chi connectivity index (χ3n) is 4.10. The van der Waals surface area contributed by atoms with E-state index in [0.29, 0.717) is 28.5 Å². The van der Waals surface area contributed by atoms with Gasteiger partial charge in [0.15, 0.2) is 5.76 Å². The summed E-state index contributed by atoms with van der Waals surface area (Å²) in [5.74, 6) is -0.142. The van der Waals surface area contributed by atoms with E-state index < -0.39 is 0 Å². The number of nitrogens with zero attached hydrogens (tertiary/aromatic N) is 2. The van der Waals surface area contributed by atoms with Crippen LogP contribution in [0.4, 0.5) is 10.1 Å². The first kappa shape index (κ1) is 16.8. The molecule has 0 aliphatic carbocycles. The highest BCUT2D eigenvalue weighted by Crippen LogP contribution is 2.23. The Bertz CT molecular complexity index is 1070. The van der Waals surface area contributed by atoms with Gasteiger partial charge >= 0.3 is 0 Å². The largest absolute Gasteiger partial charge is 0.463 e. The molecule has 0 bridgehead atoms. The molecule has 134 valence electrons. The average molecular weight is 361 g/mol. The molecule has 0 saturated carbocycles. The molecule has 0 spiro atoms. The maximum atomic E-state index is 13.3. The van der Waals surface area contributed by atoms with Crippen molar-refractivity contribution < 1.29 is 13.6 Å². The molecule has 2 aromatic carbocycles. The van der Waals surface area contributed by atoms with E-state index in [0.717, 1.165) is 5.56 Å². The Morgan fingerprint density at radius 3 is 2.48 bits per heavy atom. The molecule has 27 heavy (non-hydrogen) atoms. The Morgan fingerprint density at radius 2 is 1.81 bits per heavy atom. The minimum absolute atomic E-state index is 0.314. The van der Waals surface area contributed by atoms with Crippen molar-refractivity contribution in [3.8, 4) is 17.1 Å². The van der Waals surface area contributed by atoms with Gasteiger partial charge in [-0.1, -0.05) is 17.7 Å². The molecule has 0 aliphatic heterocycles. The van der Waals surface area contributed by atoms with Crippen molar-refractivity contribution in [2.24, 2.45) is 0 Å². The number of aryl methyl sites for hydroxylation is 1. The molecule has 0 fully saturated rings. The zero-order valence-electron chi connectivity index (χ0n) is 14.5. The maximum Gasteiger partial charge on any atom is 0.274 e. The molecule has 0 unspecified atom stereocenters. The topological polar surface area (TPSA) is 60.1 Å². The normalized spacial score (nSPS) is 10.7. The number of benzene rings is 2. The zero-order chi connectivity index (χ0) is 18.8. The summed E-state index contributed by atoms with van der Waals surface area (Å²) in [6.07, 6.45) is 1.54. The van der Waals surface area contributed by atoms with Gasteiger partial charge in [-0.25, -0.2) is 9.07 Å². The third kappa shape index (κ3) is 3.50. The molecule has 0 saturated heterocycles. The molecule has 6 heteroatoms. The molecule has 1 amide bonds. The smallest absolute Gasteiger partial charge is 0.274 e. The Kier molecular flexibility index (Phi) is 4.30. The fourth-order valence-electron chi connectivity index (χ4n) is 2.70. The maximum absolute atomic E-state index is 13.3. The molecule has 2 heterocycles. The van der Waals surface area contributed by atoms with Crippen LogP contribution in [0.25, 0.3) is 17.1 Å². The SMILES string of the molecule is Cc1ccc(NC(=O)c2cc(-c3ccco3)nn2-c2ccc(F)cc2)cc1. The Labute approximate surface area is 155 Å². The second-order valence-corrected chi connectivity index (χ2v) is 6.10. The average Bonchev–Trinajstić information content (AvgIpc) is 3.33. The molecule has 2 aromatic heterocycles. The van der Waals surface area contributed by atoms with Crippen LogP contribution in [-0.4, -0.2) is 15.7 Å². The predicted molar refractivity (Wildman–Crippen MR) is 100 cm³/mol. The van der Waals surface area contributed by atoms with E-state index in [1.54, 1.807) is 30.3 Å². The summed E-state index contributed by atoms with van der Waals surface area (Å²) in [6, 6.07) is 18.4. The first-order valence-electron chi connectivity index (χ1n) is 8.38. The highest BCUT2D eigenvalue weighted by Gasteiger charge is 2.19. The number of carbonyl (C=O) groups excluding carboxylic acids is 1. The van der Waals surface area contributed by atoms with Crippen LogP contribution < -0.4 is 5.32 Å². The number of nitrogens with one attached hydrogen (secondary N) is 1. The first-order valence-corrected chi connectivity index (χ1v) is 8.38. The van der Waals surface area contributed by atoms with E-state index in [9.17, 15) is 9.18 Å². The van der Waals surface area contributed by atoms with Gasteiger partial charge < -0.3 is 9.73 Å². The molecular weight excluding hydrogens is 345 g/mol. The molecule has 0 radical (unpaired) electrons. The van der Waals surface area contributed by atoms with Crippen LogP contribution in [0, 0.1) is 12.7 Å². The molecule has 0 atom stereocenters. The van der Waals surface area contributed by atoms with Gasteiger partial charge in [-0.15, -0.1) is 0 Å². The zero-order valence-corrected chi connectivity index (χ0v) is 14.5. The Hall–Kier alpha value is -3.67. The van der Waals surface area contributed by atoms with Crippen LogP contribution in [-0.2, 0) is 0 Å². The fraction of sp³-hybridized carbons (Fsp3) is 0.0476. The lowest BCUT2D eigenvalue weighted by Crippen LogP contribution is -2.17. The van der Waals surface area contributed by atoms with Crippen molar-refractivity contribution in [2.45, 2.75) is 6.92 Å². The van der Waals surface area contributed by atoms with E-state index in [-0.39, 0.29) is 11.7 Å². The van der Waals surface area contributed by atoms with Crippen molar-refractivity contribution in [3.05, 3.63) is 90.1 Å². The summed E-state index contributed by atoms with van der Waals surface area (Å²) < 4.78 is 20.1. The van der Waals surface area contributed by atoms with Crippen LogP contribution in [0.1, 0.15) is 16.1 Å². The van der Waals surface area contributed by atoms with E-state index in [1.165, 1.54) is 23.1 Å². The number of aromatic nitrogens is 2. The quantitative estimate of drug-likeness (QED) is 0.566. The summed E-state index contributed by atoms with van der Waals surface area (Å²) in [5, 5.41) is 7.33. The van der Waals surface area contributed by atoms with Crippen LogP contribution >= 0.6 is 0 Å². The van der Waals surface area contributed by atoms with Crippen molar-refractivity contribution in [3.63, 3.8) is 0 Å². The number of carbonyl (C=O) groups is 1. The molecule has 5 nitrogen and oxygen atoms in total. The summed E-state index contributed by atoms with van der Waals surface area (Å²) in [6.45, 7) is 1.98. The lowest BCUT2D eigenvalue weighted by Gasteiger charge is -2.08. The van der Waals surface area contributed by atoms with Crippen LogP contribution in [0.3, 0.4) is 0 Å². The molecule has 4 rings (SSSR count). The van der Waals surface area contributed by atoms with Crippen molar-refractivity contribution in [2.75, 3.05) is 5.32 Å². The highest BCUT2D eigenvalue weighted by molar-refractivity contribution is 6.04. The number of hydrogen-bond donors (Lipinski definition) is 1. The Balaban J connectivity index is 1.74. The van der Waals surface area contributed by atoms with Gasteiger partial charge in [0.1, 0.15) is 17.2 Å². The van der Waals surface area contributed by atoms with Crippen LogP contribution in [0.2, 0.25) is 0 Å².